The summed E-state index contributed by atoms with van der Waals surface area (Å²) in [5.41, 5.74) is 1.84. The molecule has 0 unspecified atom stereocenters. The lowest BCUT2D eigenvalue weighted by Gasteiger charge is -1.93. The highest BCUT2D eigenvalue weighted by atomic mass is 16.1. The minimum Gasteiger partial charge on any atom is -0.360 e. The van der Waals surface area contributed by atoms with E-state index in [1.165, 1.54) is 0 Å². The van der Waals surface area contributed by atoms with Crippen molar-refractivity contribution in [2.24, 2.45) is 0 Å². The number of aryl methyl sites for hydroxylation is 1. The van der Waals surface area contributed by atoms with Gasteiger partial charge in [0.1, 0.15) is 0 Å². The van der Waals surface area contributed by atoms with Gasteiger partial charge in [0, 0.05) is 23.3 Å². The SMILES string of the molecule is Cc1[nH]c(=O)cc2cc[nH]c12. The summed E-state index contributed by atoms with van der Waals surface area (Å²) in [5.74, 6) is 0. The van der Waals surface area contributed by atoms with Crippen LogP contribution in [0.4, 0.5) is 0 Å². The Hall–Kier alpha value is -1.51. The van der Waals surface area contributed by atoms with Gasteiger partial charge in [-0.3, -0.25) is 4.79 Å². The fourth-order valence-electron chi connectivity index (χ4n) is 1.25. The Bertz CT molecular complexity index is 439. The van der Waals surface area contributed by atoms with E-state index in [2.05, 4.69) is 9.97 Å². The van der Waals surface area contributed by atoms with Crippen molar-refractivity contribution in [1.29, 1.82) is 0 Å². The molecule has 3 nitrogen and oxygen atoms in total. The Balaban J connectivity index is 3.02. The lowest BCUT2D eigenvalue weighted by atomic mass is 10.3. The topological polar surface area (TPSA) is 48.6 Å². The maximum absolute atomic E-state index is 10.9. The third-order valence-electron chi connectivity index (χ3n) is 1.75. The van der Waals surface area contributed by atoms with Crippen LogP contribution in [0, 0.1) is 6.92 Å². The van der Waals surface area contributed by atoms with E-state index in [1.807, 2.05) is 19.2 Å². The van der Waals surface area contributed by atoms with Crippen molar-refractivity contribution in [2.75, 3.05) is 0 Å². The third kappa shape index (κ3) is 0.852. The van der Waals surface area contributed by atoms with Gasteiger partial charge in [0.05, 0.1) is 5.52 Å². The summed E-state index contributed by atoms with van der Waals surface area (Å²) in [5, 5.41) is 0.964. The van der Waals surface area contributed by atoms with Crippen LogP contribution in [0.3, 0.4) is 0 Å². The Kier molecular flexibility index (Phi) is 1.12. The predicted molar refractivity (Wildman–Crippen MR) is 43.7 cm³/mol. The average molecular weight is 148 g/mol. The first kappa shape index (κ1) is 6.22. The lowest BCUT2D eigenvalue weighted by Crippen LogP contribution is -2.04. The number of aromatic nitrogens is 2. The summed E-state index contributed by atoms with van der Waals surface area (Å²) < 4.78 is 0. The zero-order valence-corrected chi connectivity index (χ0v) is 6.14. The molecule has 2 N–H and O–H groups in total. The molecule has 56 valence electrons. The standard InChI is InChI=1S/C8H8N2O/c1-5-8-6(2-3-9-8)4-7(11)10-5/h2-4,9H,1H3,(H,10,11). The van der Waals surface area contributed by atoms with Crippen LogP contribution >= 0.6 is 0 Å². The van der Waals surface area contributed by atoms with Crippen LogP contribution in [-0.4, -0.2) is 9.97 Å². The number of fused-ring (bicyclic) bond motifs is 1. The number of rotatable bonds is 0. The quantitative estimate of drug-likeness (QED) is 0.578. The molecule has 3 heteroatoms. The van der Waals surface area contributed by atoms with Crippen LogP contribution in [0.2, 0.25) is 0 Å². The highest BCUT2D eigenvalue weighted by Crippen LogP contribution is 2.10. The molecular weight excluding hydrogens is 140 g/mol. The van der Waals surface area contributed by atoms with Crippen molar-refractivity contribution in [3.8, 4) is 0 Å². The van der Waals surface area contributed by atoms with Crippen molar-refractivity contribution in [1.82, 2.24) is 9.97 Å². The second kappa shape index (κ2) is 1.99. The maximum Gasteiger partial charge on any atom is 0.248 e. The van der Waals surface area contributed by atoms with Gasteiger partial charge >= 0.3 is 0 Å². The van der Waals surface area contributed by atoms with Crippen LogP contribution in [0.5, 0.6) is 0 Å². The first-order valence-electron chi connectivity index (χ1n) is 3.44. The van der Waals surface area contributed by atoms with Gasteiger partial charge in [-0.15, -0.1) is 0 Å². The molecule has 0 saturated carbocycles. The van der Waals surface area contributed by atoms with Gasteiger partial charge in [-0.05, 0) is 13.0 Å². The van der Waals surface area contributed by atoms with Crippen LogP contribution in [-0.2, 0) is 0 Å². The molecular formula is C8H8N2O. The molecule has 11 heavy (non-hydrogen) atoms. The number of pyridine rings is 1. The molecule has 2 heterocycles. The fourth-order valence-corrected chi connectivity index (χ4v) is 1.25. The minimum absolute atomic E-state index is 0.0467. The summed E-state index contributed by atoms with van der Waals surface area (Å²) in [6, 6.07) is 3.47. The van der Waals surface area contributed by atoms with E-state index in [0.717, 1.165) is 16.6 Å². The Morgan fingerprint density at radius 3 is 3.09 bits per heavy atom. The molecule has 2 rings (SSSR count). The van der Waals surface area contributed by atoms with Gasteiger partial charge in [-0.25, -0.2) is 0 Å². The summed E-state index contributed by atoms with van der Waals surface area (Å²) in [7, 11) is 0. The van der Waals surface area contributed by atoms with Crippen molar-refractivity contribution in [3.63, 3.8) is 0 Å². The first-order chi connectivity index (χ1) is 5.27. The zero-order valence-electron chi connectivity index (χ0n) is 6.14. The maximum atomic E-state index is 10.9. The molecule has 0 aliphatic carbocycles. The molecule has 0 fully saturated rings. The Labute approximate surface area is 63.1 Å². The van der Waals surface area contributed by atoms with Gasteiger partial charge in [-0.1, -0.05) is 0 Å². The average Bonchev–Trinajstić information content (AvgIpc) is 2.34. The second-order valence-corrected chi connectivity index (χ2v) is 2.57. The minimum atomic E-state index is -0.0467. The normalized spacial score (nSPS) is 10.6. The smallest absolute Gasteiger partial charge is 0.248 e. The number of hydrogen-bond donors (Lipinski definition) is 2. The largest absolute Gasteiger partial charge is 0.360 e. The van der Waals surface area contributed by atoms with Crippen molar-refractivity contribution >= 4 is 10.9 Å². The third-order valence-corrected chi connectivity index (χ3v) is 1.75. The van der Waals surface area contributed by atoms with Crippen LogP contribution in [0.1, 0.15) is 5.69 Å². The van der Waals surface area contributed by atoms with E-state index in [-0.39, 0.29) is 5.56 Å². The van der Waals surface area contributed by atoms with E-state index in [9.17, 15) is 4.79 Å². The van der Waals surface area contributed by atoms with E-state index >= 15 is 0 Å². The zero-order chi connectivity index (χ0) is 7.84. The predicted octanol–water partition coefficient (Wildman–Crippen LogP) is 1.16. The van der Waals surface area contributed by atoms with E-state index in [0.29, 0.717) is 0 Å². The van der Waals surface area contributed by atoms with Gasteiger partial charge < -0.3 is 9.97 Å². The molecule has 2 aromatic rings. The van der Waals surface area contributed by atoms with Crippen molar-refractivity contribution < 1.29 is 0 Å². The summed E-state index contributed by atoms with van der Waals surface area (Å²) >= 11 is 0. The van der Waals surface area contributed by atoms with Gasteiger partial charge in [0.25, 0.3) is 0 Å². The molecule has 0 saturated heterocycles. The highest BCUT2D eigenvalue weighted by molar-refractivity contribution is 5.80. The summed E-state index contributed by atoms with van der Waals surface area (Å²) in [6.07, 6.45) is 1.82. The van der Waals surface area contributed by atoms with Crippen LogP contribution < -0.4 is 5.56 Å². The van der Waals surface area contributed by atoms with E-state index < -0.39 is 0 Å². The monoisotopic (exact) mass is 148 g/mol. The summed E-state index contributed by atoms with van der Waals surface area (Å²) in [4.78, 5) is 16.7. The highest BCUT2D eigenvalue weighted by Gasteiger charge is 1.97. The number of nitrogens with one attached hydrogen (secondary N) is 2. The number of hydrogen-bond acceptors (Lipinski definition) is 1. The molecule has 0 spiro atoms. The molecule has 0 atom stereocenters. The molecule has 0 aliphatic heterocycles. The molecule has 0 amide bonds. The lowest BCUT2D eigenvalue weighted by molar-refractivity contribution is 1.16. The summed E-state index contributed by atoms with van der Waals surface area (Å²) in [6.45, 7) is 1.88. The van der Waals surface area contributed by atoms with E-state index in [1.54, 1.807) is 6.07 Å². The molecule has 0 radical (unpaired) electrons. The van der Waals surface area contributed by atoms with Crippen molar-refractivity contribution in [3.05, 3.63) is 34.4 Å². The van der Waals surface area contributed by atoms with Crippen LogP contribution in [0.15, 0.2) is 23.1 Å². The Morgan fingerprint density at radius 1 is 1.45 bits per heavy atom. The van der Waals surface area contributed by atoms with Crippen molar-refractivity contribution in [2.45, 2.75) is 6.92 Å². The first-order valence-corrected chi connectivity index (χ1v) is 3.44. The van der Waals surface area contributed by atoms with Gasteiger partial charge in [-0.2, -0.15) is 0 Å². The Morgan fingerprint density at radius 2 is 2.27 bits per heavy atom. The van der Waals surface area contributed by atoms with Gasteiger partial charge in [0.2, 0.25) is 5.56 Å². The molecule has 0 aromatic carbocycles. The fraction of sp³-hybridized carbons (Fsp3) is 0.125. The van der Waals surface area contributed by atoms with E-state index in [4.69, 9.17) is 0 Å². The van der Waals surface area contributed by atoms with Gasteiger partial charge in [0.15, 0.2) is 0 Å². The second-order valence-electron chi connectivity index (χ2n) is 2.57. The molecule has 0 bridgehead atoms. The molecule has 2 aromatic heterocycles. The van der Waals surface area contributed by atoms with Crippen LogP contribution in [0.25, 0.3) is 10.9 Å². The molecule has 0 aliphatic rings. The number of H-pyrrole nitrogens is 2. The number of aromatic amines is 2.